The lowest BCUT2D eigenvalue weighted by Crippen LogP contribution is -2.40. The lowest BCUT2D eigenvalue weighted by atomic mass is 9.95. The molecule has 0 radical (unpaired) electrons. The first-order valence-electron chi connectivity index (χ1n) is 9.35. The van der Waals surface area contributed by atoms with Crippen LogP contribution in [0.1, 0.15) is 26.4 Å². The number of fused-ring (bicyclic) bond motifs is 1. The van der Waals surface area contributed by atoms with Crippen LogP contribution >= 0.6 is 0 Å². The van der Waals surface area contributed by atoms with E-state index in [0.717, 1.165) is 4.57 Å². The van der Waals surface area contributed by atoms with Crippen molar-refractivity contribution < 1.29 is 24.0 Å². The van der Waals surface area contributed by atoms with Gasteiger partial charge in [-0.1, -0.05) is 24.8 Å². The van der Waals surface area contributed by atoms with Gasteiger partial charge in [-0.15, -0.1) is 0 Å². The molecule has 0 saturated heterocycles. The minimum Gasteiger partial charge on any atom is -0.465 e. The van der Waals surface area contributed by atoms with Crippen LogP contribution in [-0.4, -0.2) is 34.8 Å². The number of pyridine rings is 1. The molecule has 3 aromatic rings. The van der Waals surface area contributed by atoms with Crippen molar-refractivity contribution >= 4 is 23.0 Å². The van der Waals surface area contributed by atoms with E-state index in [1.165, 1.54) is 44.0 Å². The van der Waals surface area contributed by atoms with E-state index in [-0.39, 0.29) is 23.2 Å². The van der Waals surface area contributed by atoms with E-state index in [2.05, 4.69) is 11.6 Å². The summed E-state index contributed by atoms with van der Waals surface area (Å²) in [7, 11) is 4.17. The van der Waals surface area contributed by atoms with Gasteiger partial charge in [0.1, 0.15) is 23.3 Å². The van der Waals surface area contributed by atoms with Crippen LogP contribution in [0.4, 0.5) is 0 Å². The molecule has 1 N–H and O–H groups in total. The lowest BCUT2D eigenvalue weighted by molar-refractivity contribution is -0.359. The van der Waals surface area contributed by atoms with Crippen molar-refractivity contribution in [2.45, 2.75) is 6.92 Å². The highest BCUT2D eigenvalue weighted by atomic mass is 16.5. The number of hydrogen-bond donors (Lipinski definition) is 0. The fourth-order valence-corrected chi connectivity index (χ4v) is 3.41. The summed E-state index contributed by atoms with van der Waals surface area (Å²) in [6, 6.07) is 6.28. The summed E-state index contributed by atoms with van der Waals surface area (Å²) in [6.07, 6.45) is 1.44. The second-order valence-corrected chi connectivity index (χ2v) is 6.89. The van der Waals surface area contributed by atoms with E-state index >= 15 is 0 Å². The van der Waals surface area contributed by atoms with Gasteiger partial charge in [0.2, 0.25) is 0 Å². The number of aromatic amines is 1. The number of hydrogen-bond acceptors (Lipinski definition) is 6. The molecule has 160 valence electrons. The number of carbonyl (C=O) groups is 2. The zero-order chi connectivity index (χ0) is 22.9. The predicted octanol–water partition coefficient (Wildman–Crippen LogP) is 1.16. The average molecular weight is 424 g/mol. The van der Waals surface area contributed by atoms with Crippen molar-refractivity contribution in [1.29, 1.82) is 0 Å². The number of nitrogens with one attached hydrogen (secondary N) is 1. The highest BCUT2D eigenvalue weighted by molar-refractivity contribution is 6.06. The number of carbonyl (C=O) groups excluding carboxylic acids is 2. The first-order chi connectivity index (χ1) is 14.7. The largest absolute Gasteiger partial charge is 0.465 e. The molecule has 9 heteroatoms. The van der Waals surface area contributed by atoms with Crippen LogP contribution in [0.25, 0.3) is 22.2 Å². The SMILES string of the molecule is C=CCOC(=O)c1c(C)[nH+]c2c(c1-c1ccc(C(=O)OC)cc1)c(=O)n(C)c(=O)n2C. The third-order valence-electron chi connectivity index (χ3n) is 4.98. The molecule has 0 unspecified atom stereocenters. The second kappa shape index (κ2) is 8.39. The van der Waals surface area contributed by atoms with Crippen molar-refractivity contribution in [3.63, 3.8) is 0 Å². The van der Waals surface area contributed by atoms with Gasteiger partial charge in [-0.25, -0.2) is 23.9 Å². The van der Waals surface area contributed by atoms with Crippen molar-refractivity contribution in [3.8, 4) is 11.1 Å². The summed E-state index contributed by atoms with van der Waals surface area (Å²) in [5, 5.41) is 0.145. The highest BCUT2D eigenvalue weighted by Crippen LogP contribution is 2.30. The minimum atomic E-state index is -0.654. The molecule has 0 saturated carbocycles. The number of methoxy groups -OCH3 is 1. The Morgan fingerprint density at radius 3 is 2.32 bits per heavy atom. The van der Waals surface area contributed by atoms with Gasteiger partial charge >= 0.3 is 17.6 Å². The van der Waals surface area contributed by atoms with Crippen LogP contribution in [0.2, 0.25) is 0 Å². The maximum absolute atomic E-state index is 13.1. The second-order valence-electron chi connectivity index (χ2n) is 6.89. The minimum absolute atomic E-state index is 0.0116. The number of aromatic nitrogens is 3. The van der Waals surface area contributed by atoms with Crippen LogP contribution in [0.3, 0.4) is 0 Å². The van der Waals surface area contributed by atoms with Gasteiger partial charge in [-0.2, -0.15) is 4.57 Å². The monoisotopic (exact) mass is 424 g/mol. The first-order valence-corrected chi connectivity index (χ1v) is 9.35. The quantitative estimate of drug-likeness (QED) is 0.449. The highest BCUT2D eigenvalue weighted by Gasteiger charge is 2.29. The number of nitrogens with zero attached hydrogens (tertiary/aromatic N) is 2. The molecule has 0 aliphatic carbocycles. The molecule has 0 bridgehead atoms. The first kappa shape index (κ1) is 21.7. The number of rotatable bonds is 5. The summed E-state index contributed by atoms with van der Waals surface area (Å²) >= 11 is 0. The number of esters is 2. The van der Waals surface area contributed by atoms with E-state index in [1.807, 2.05) is 0 Å². The fraction of sp³-hybridized carbons (Fsp3) is 0.227. The number of benzene rings is 1. The smallest absolute Gasteiger partial charge is 0.417 e. The molecular formula is C22H22N3O6+. The van der Waals surface area contributed by atoms with Crippen molar-refractivity contribution in [3.05, 3.63) is 74.6 Å². The predicted molar refractivity (Wildman–Crippen MR) is 113 cm³/mol. The molecule has 2 aromatic heterocycles. The van der Waals surface area contributed by atoms with E-state index < -0.39 is 23.2 Å². The molecule has 9 nitrogen and oxygen atoms in total. The molecule has 0 amide bonds. The molecule has 0 spiro atoms. The van der Waals surface area contributed by atoms with E-state index in [1.54, 1.807) is 19.1 Å². The van der Waals surface area contributed by atoms with Crippen LogP contribution in [-0.2, 0) is 23.6 Å². The summed E-state index contributed by atoms with van der Waals surface area (Å²) < 4.78 is 12.2. The van der Waals surface area contributed by atoms with Crippen LogP contribution in [0.15, 0.2) is 46.5 Å². The molecule has 2 heterocycles. The summed E-state index contributed by atoms with van der Waals surface area (Å²) in [4.78, 5) is 53.2. The standard InChI is InChI=1S/C22H21N3O6/c1-6-11-31-21(28)15-12(2)23-18-17(19(26)25(4)22(29)24(18)3)16(15)13-7-9-14(10-8-13)20(27)30-5/h6-10H,1,11H2,2-5H3/p+1. The Balaban J connectivity index is 2.46. The van der Waals surface area contributed by atoms with Crippen LogP contribution in [0.5, 0.6) is 0 Å². The Kier molecular flexibility index (Phi) is 5.87. The molecule has 0 aliphatic heterocycles. The molecule has 0 atom stereocenters. The molecule has 1 aromatic carbocycles. The third kappa shape index (κ3) is 3.65. The Hall–Kier alpha value is -4.01. The number of aryl methyl sites for hydroxylation is 2. The van der Waals surface area contributed by atoms with E-state index in [4.69, 9.17) is 9.47 Å². The maximum atomic E-state index is 13.1. The number of ether oxygens (including phenoxy) is 2. The maximum Gasteiger partial charge on any atom is 0.417 e. The molecule has 31 heavy (non-hydrogen) atoms. The normalized spacial score (nSPS) is 10.7. The lowest BCUT2D eigenvalue weighted by Gasteiger charge is -2.14. The Labute approximate surface area is 177 Å². The van der Waals surface area contributed by atoms with Crippen molar-refractivity contribution in [2.24, 2.45) is 14.1 Å². The van der Waals surface area contributed by atoms with Gasteiger partial charge in [0.15, 0.2) is 0 Å². The fourth-order valence-electron chi connectivity index (χ4n) is 3.41. The van der Waals surface area contributed by atoms with E-state index in [0.29, 0.717) is 22.4 Å². The van der Waals surface area contributed by atoms with Gasteiger partial charge in [-0.05, 0) is 24.6 Å². The zero-order valence-corrected chi connectivity index (χ0v) is 17.6. The van der Waals surface area contributed by atoms with Crippen LogP contribution < -0.4 is 16.2 Å². The van der Waals surface area contributed by atoms with Gasteiger partial charge in [0.05, 0.1) is 19.7 Å². The summed E-state index contributed by atoms with van der Waals surface area (Å²) in [5.41, 5.74) is 0.849. The Morgan fingerprint density at radius 1 is 1.10 bits per heavy atom. The van der Waals surface area contributed by atoms with Crippen LogP contribution in [0, 0.1) is 6.92 Å². The van der Waals surface area contributed by atoms with Gasteiger partial charge in [0, 0.05) is 12.6 Å². The molecule has 0 fully saturated rings. The number of H-pyrrole nitrogens is 1. The summed E-state index contributed by atoms with van der Waals surface area (Å²) in [5.74, 6) is -1.17. The third-order valence-corrected chi connectivity index (χ3v) is 4.98. The van der Waals surface area contributed by atoms with Crippen molar-refractivity contribution in [1.82, 2.24) is 9.13 Å². The van der Waals surface area contributed by atoms with Gasteiger partial charge in [0.25, 0.3) is 11.2 Å². The zero-order valence-electron chi connectivity index (χ0n) is 17.6. The summed E-state index contributed by atoms with van der Waals surface area (Å²) in [6.45, 7) is 5.18. The van der Waals surface area contributed by atoms with Crippen molar-refractivity contribution in [2.75, 3.05) is 13.7 Å². The molecule has 3 rings (SSSR count). The van der Waals surface area contributed by atoms with Gasteiger partial charge < -0.3 is 9.47 Å². The van der Waals surface area contributed by atoms with E-state index in [9.17, 15) is 19.2 Å². The topological polar surface area (TPSA) is 111 Å². The Morgan fingerprint density at radius 2 is 1.74 bits per heavy atom. The molecule has 0 aliphatic rings. The van der Waals surface area contributed by atoms with Gasteiger partial charge in [-0.3, -0.25) is 4.79 Å². The molecular weight excluding hydrogens is 402 g/mol. The average Bonchev–Trinajstić information content (AvgIpc) is 2.78. The Bertz CT molecular complexity index is 1330.